The number of hydrogen-bond donors (Lipinski definition) is 1. The third-order valence-electron chi connectivity index (χ3n) is 2.43. The Morgan fingerprint density at radius 1 is 1.21 bits per heavy atom. The molecule has 1 aromatic heterocycles. The van der Waals surface area contributed by atoms with E-state index in [9.17, 15) is 0 Å². The second-order valence-electron chi connectivity index (χ2n) is 3.91. The molecule has 19 heavy (non-hydrogen) atoms. The molecule has 0 saturated heterocycles. The zero-order valence-electron chi connectivity index (χ0n) is 10.5. The van der Waals surface area contributed by atoms with Crippen molar-refractivity contribution >= 4 is 29.0 Å². The van der Waals surface area contributed by atoms with Gasteiger partial charge in [0.2, 0.25) is 0 Å². The average molecular weight is 297 g/mol. The molecular formula is C14H14Cl2N2O. The SMILES string of the molecule is CCNc1cccc(COc2ccc(Cl)cc2Cl)n1. The first-order valence-electron chi connectivity index (χ1n) is 5.96. The van der Waals surface area contributed by atoms with Crippen molar-refractivity contribution in [2.24, 2.45) is 0 Å². The third kappa shape index (κ3) is 4.01. The Hall–Kier alpha value is -1.45. The lowest BCUT2D eigenvalue weighted by Crippen LogP contribution is -2.03. The van der Waals surface area contributed by atoms with Crippen LogP contribution in [0.4, 0.5) is 5.82 Å². The van der Waals surface area contributed by atoms with Crippen LogP contribution in [-0.2, 0) is 6.61 Å². The Morgan fingerprint density at radius 2 is 2.05 bits per heavy atom. The van der Waals surface area contributed by atoms with Crippen LogP contribution in [0.1, 0.15) is 12.6 Å². The van der Waals surface area contributed by atoms with Gasteiger partial charge in [0.1, 0.15) is 18.2 Å². The highest BCUT2D eigenvalue weighted by molar-refractivity contribution is 6.35. The number of hydrogen-bond acceptors (Lipinski definition) is 3. The van der Waals surface area contributed by atoms with Gasteiger partial charge in [-0.2, -0.15) is 0 Å². The maximum Gasteiger partial charge on any atom is 0.138 e. The molecule has 2 rings (SSSR count). The van der Waals surface area contributed by atoms with Crippen LogP contribution in [0.2, 0.25) is 10.0 Å². The summed E-state index contributed by atoms with van der Waals surface area (Å²) >= 11 is 11.9. The lowest BCUT2D eigenvalue weighted by Gasteiger charge is -2.09. The van der Waals surface area contributed by atoms with Crippen molar-refractivity contribution in [3.05, 3.63) is 52.1 Å². The zero-order chi connectivity index (χ0) is 13.7. The first kappa shape index (κ1) is 14.0. The summed E-state index contributed by atoms with van der Waals surface area (Å²) < 4.78 is 5.63. The van der Waals surface area contributed by atoms with Gasteiger partial charge in [-0.05, 0) is 37.3 Å². The van der Waals surface area contributed by atoms with Crippen LogP contribution < -0.4 is 10.1 Å². The van der Waals surface area contributed by atoms with E-state index in [1.165, 1.54) is 0 Å². The standard InChI is InChI=1S/C14H14Cl2N2O/c1-2-17-14-5-3-4-11(18-14)9-19-13-7-6-10(15)8-12(13)16/h3-8H,2,9H2,1H3,(H,17,18). The molecule has 0 aliphatic heterocycles. The number of halogens is 2. The van der Waals surface area contributed by atoms with Crippen molar-refractivity contribution in [1.82, 2.24) is 4.98 Å². The molecule has 0 unspecified atom stereocenters. The molecule has 1 heterocycles. The highest BCUT2D eigenvalue weighted by Gasteiger charge is 2.04. The van der Waals surface area contributed by atoms with E-state index in [-0.39, 0.29) is 0 Å². The lowest BCUT2D eigenvalue weighted by molar-refractivity contribution is 0.301. The second-order valence-corrected chi connectivity index (χ2v) is 4.75. The number of anilines is 1. The minimum Gasteiger partial charge on any atom is -0.486 e. The number of benzene rings is 1. The van der Waals surface area contributed by atoms with E-state index >= 15 is 0 Å². The van der Waals surface area contributed by atoms with E-state index in [2.05, 4.69) is 10.3 Å². The van der Waals surface area contributed by atoms with Crippen molar-refractivity contribution < 1.29 is 4.74 Å². The van der Waals surface area contributed by atoms with Gasteiger partial charge in [-0.3, -0.25) is 0 Å². The lowest BCUT2D eigenvalue weighted by atomic mass is 10.3. The van der Waals surface area contributed by atoms with Crippen LogP contribution >= 0.6 is 23.2 Å². The molecule has 0 spiro atoms. The fourth-order valence-electron chi connectivity index (χ4n) is 1.58. The van der Waals surface area contributed by atoms with E-state index < -0.39 is 0 Å². The predicted molar refractivity (Wildman–Crippen MR) is 79.2 cm³/mol. The molecule has 1 N–H and O–H groups in total. The van der Waals surface area contributed by atoms with Crippen molar-refractivity contribution in [3.8, 4) is 5.75 Å². The topological polar surface area (TPSA) is 34.1 Å². The van der Waals surface area contributed by atoms with Gasteiger partial charge < -0.3 is 10.1 Å². The Balaban J connectivity index is 2.03. The van der Waals surface area contributed by atoms with Gasteiger partial charge >= 0.3 is 0 Å². The molecule has 2 aromatic rings. The number of pyridine rings is 1. The first-order chi connectivity index (χ1) is 9.19. The average Bonchev–Trinajstić information content (AvgIpc) is 2.38. The highest BCUT2D eigenvalue weighted by atomic mass is 35.5. The molecule has 0 saturated carbocycles. The van der Waals surface area contributed by atoms with Crippen molar-refractivity contribution in [3.63, 3.8) is 0 Å². The van der Waals surface area contributed by atoms with Crippen LogP contribution in [-0.4, -0.2) is 11.5 Å². The van der Waals surface area contributed by atoms with Crippen LogP contribution in [0.15, 0.2) is 36.4 Å². The van der Waals surface area contributed by atoms with Crippen molar-refractivity contribution in [2.75, 3.05) is 11.9 Å². The van der Waals surface area contributed by atoms with Crippen LogP contribution in [0, 0.1) is 0 Å². The maximum atomic E-state index is 6.03. The number of nitrogens with zero attached hydrogens (tertiary/aromatic N) is 1. The highest BCUT2D eigenvalue weighted by Crippen LogP contribution is 2.28. The molecule has 0 bridgehead atoms. The van der Waals surface area contributed by atoms with Crippen LogP contribution in [0.5, 0.6) is 5.75 Å². The molecule has 100 valence electrons. The molecular weight excluding hydrogens is 283 g/mol. The quantitative estimate of drug-likeness (QED) is 0.888. The number of ether oxygens (including phenoxy) is 1. The summed E-state index contributed by atoms with van der Waals surface area (Å²) in [5.41, 5.74) is 0.837. The number of aromatic nitrogens is 1. The van der Waals surface area contributed by atoms with Gasteiger partial charge in [0, 0.05) is 11.6 Å². The van der Waals surface area contributed by atoms with E-state index in [1.54, 1.807) is 18.2 Å². The fraction of sp³-hybridized carbons (Fsp3) is 0.214. The molecule has 0 radical (unpaired) electrons. The van der Waals surface area contributed by atoms with Gasteiger partial charge in [-0.1, -0.05) is 29.3 Å². The summed E-state index contributed by atoms with van der Waals surface area (Å²) in [6.45, 7) is 3.22. The van der Waals surface area contributed by atoms with Gasteiger partial charge in [0.05, 0.1) is 10.7 Å². The minimum absolute atomic E-state index is 0.362. The van der Waals surface area contributed by atoms with E-state index in [0.717, 1.165) is 18.1 Å². The van der Waals surface area contributed by atoms with E-state index in [0.29, 0.717) is 22.4 Å². The van der Waals surface area contributed by atoms with Gasteiger partial charge in [-0.15, -0.1) is 0 Å². The molecule has 0 atom stereocenters. The van der Waals surface area contributed by atoms with Crippen LogP contribution in [0.3, 0.4) is 0 Å². The smallest absolute Gasteiger partial charge is 0.138 e. The summed E-state index contributed by atoms with van der Waals surface area (Å²) in [6, 6.07) is 10.9. The van der Waals surface area contributed by atoms with E-state index in [4.69, 9.17) is 27.9 Å². The Labute approximate surface area is 122 Å². The largest absolute Gasteiger partial charge is 0.486 e. The minimum atomic E-state index is 0.362. The van der Waals surface area contributed by atoms with E-state index in [1.807, 2.05) is 25.1 Å². The maximum absolute atomic E-state index is 6.03. The summed E-state index contributed by atoms with van der Waals surface area (Å²) in [5, 5.41) is 4.24. The summed E-state index contributed by atoms with van der Waals surface area (Å²) in [6.07, 6.45) is 0. The Morgan fingerprint density at radius 3 is 2.79 bits per heavy atom. The molecule has 0 aliphatic carbocycles. The summed E-state index contributed by atoms with van der Waals surface area (Å²) in [7, 11) is 0. The molecule has 0 fully saturated rings. The van der Waals surface area contributed by atoms with Crippen molar-refractivity contribution in [1.29, 1.82) is 0 Å². The first-order valence-corrected chi connectivity index (χ1v) is 6.72. The number of nitrogens with one attached hydrogen (secondary N) is 1. The summed E-state index contributed by atoms with van der Waals surface area (Å²) in [5.74, 6) is 1.44. The van der Waals surface area contributed by atoms with Crippen LogP contribution in [0.25, 0.3) is 0 Å². The van der Waals surface area contributed by atoms with Crippen molar-refractivity contribution in [2.45, 2.75) is 13.5 Å². The Kier molecular flexibility index (Phi) is 4.88. The summed E-state index contributed by atoms with van der Waals surface area (Å²) in [4.78, 5) is 4.42. The molecule has 0 amide bonds. The molecule has 3 nitrogen and oxygen atoms in total. The van der Waals surface area contributed by atoms with Gasteiger partial charge in [0.15, 0.2) is 0 Å². The monoisotopic (exact) mass is 296 g/mol. The molecule has 1 aromatic carbocycles. The predicted octanol–water partition coefficient (Wildman–Crippen LogP) is 4.40. The fourth-order valence-corrected chi connectivity index (χ4v) is 2.05. The normalized spacial score (nSPS) is 10.3. The van der Waals surface area contributed by atoms with Gasteiger partial charge in [0.25, 0.3) is 0 Å². The molecule has 5 heteroatoms. The number of rotatable bonds is 5. The second kappa shape index (κ2) is 6.64. The molecule has 0 aliphatic rings. The third-order valence-corrected chi connectivity index (χ3v) is 2.96. The van der Waals surface area contributed by atoms with Gasteiger partial charge in [-0.25, -0.2) is 4.98 Å². The Bertz CT molecular complexity index is 561. The zero-order valence-corrected chi connectivity index (χ0v) is 12.0.